The molecule has 0 aromatic heterocycles. The summed E-state index contributed by atoms with van der Waals surface area (Å²) in [5.74, 6) is -0.0833. The van der Waals surface area contributed by atoms with E-state index in [1.165, 1.54) is 19.3 Å². The van der Waals surface area contributed by atoms with Crippen LogP contribution in [0.5, 0.6) is 0 Å². The number of nitrogens with one attached hydrogen (secondary N) is 1. The minimum atomic E-state index is -0.0833. The minimum Gasteiger partial charge on any atom is -0.398 e. The third-order valence-corrected chi connectivity index (χ3v) is 3.83. The average molecular weight is 253 g/mol. The molecule has 0 heterocycles. The summed E-state index contributed by atoms with van der Waals surface area (Å²) in [6.07, 6.45) is 3.64. The van der Waals surface area contributed by atoms with Crippen molar-refractivity contribution in [3.63, 3.8) is 0 Å². The van der Waals surface area contributed by atoms with Crippen LogP contribution in [0, 0.1) is 5.41 Å². The second-order valence-corrected chi connectivity index (χ2v) is 5.49. The first-order valence-electron chi connectivity index (χ1n) is 5.83. The zero-order valence-electron chi connectivity index (χ0n) is 9.92. The van der Waals surface area contributed by atoms with Crippen LogP contribution in [0.4, 0.5) is 5.69 Å². The molecular weight excluding hydrogens is 236 g/mol. The van der Waals surface area contributed by atoms with Crippen LogP contribution in [0.25, 0.3) is 0 Å². The van der Waals surface area contributed by atoms with Crippen LogP contribution in [-0.4, -0.2) is 12.5 Å². The van der Waals surface area contributed by atoms with Gasteiger partial charge in [-0.25, -0.2) is 0 Å². The molecule has 1 saturated carbocycles. The van der Waals surface area contributed by atoms with Crippen LogP contribution >= 0.6 is 11.6 Å². The van der Waals surface area contributed by atoms with Crippen molar-refractivity contribution in [2.24, 2.45) is 5.41 Å². The number of halogens is 1. The lowest BCUT2D eigenvalue weighted by molar-refractivity contribution is 0.0891. The van der Waals surface area contributed by atoms with Crippen LogP contribution in [0.1, 0.15) is 36.5 Å². The molecule has 0 bridgehead atoms. The lowest BCUT2D eigenvalue weighted by atomic mass is 9.70. The molecule has 0 radical (unpaired) electrons. The van der Waals surface area contributed by atoms with E-state index in [9.17, 15) is 4.79 Å². The summed E-state index contributed by atoms with van der Waals surface area (Å²) in [7, 11) is 0. The molecule has 1 amide bonds. The van der Waals surface area contributed by atoms with E-state index in [1.54, 1.807) is 18.2 Å². The Labute approximate surface area is 106 Å². The van der Waals surface area contributed by atoms with Crippen molar-refractivity contribution < 1.29 is 4.79 Å². The van der Waals surface area contributed by atoms with Crippen molar-refractivity contribution in [2.75, 3.05) is 12.3 Å². The summed E-state index contributed by atoms with van der Waals surface area (Å²) in [5.41, 5.74) is 6.94. The lowest BCUT2D eigenvalue weighted by Crippen LogP contribution is -2.39. The maximum absolute atomic E-state index is 11.9. The Kier molecular flexibility index (Phi) is 3.29. The zero-order valence-corrected chi connectivity index (χ0v) is 10.7. The zero-order chi connectivity index (χ0) is 12.5. The highest BCUT2D eigenvalue weighted by Crippen LogP contribution is 2.39. The third-order valence-electron chi connectivity index (χ3n) is 3.50. The van der Waals surface area contributed by atoms with E-state index < -0.39 is 0 Å². The Balaban J connectivity index is 1.97. The van der Waals surface area contributed by atoms with E-state index in [1.807, 2.05) is 0 Å². The standard InChI is InChI=1S/C13H17ClN2O/c1-13(5-2-6-13)8-16-12(17)9-3-4-11(15)10(14)7-9/h3-4,7H,2,5-6,8,15H2,1H3,(H,16,17). The molecule has 0 saturated heterocycles. The number of benzene rings is 1. The maximum Gasteiger partial charge on any atom is 0.251 e. The molecule has 1 aromatic rings. The van der Waals surface area contributed by atoms with Gasteiger partial charge in [-0.05, 0) is 36.5 Å². The molecule has 1 fully saturated rings. The van der Waals surface area contributed by atoms with Gasteiger partial charge in [-0.3, -0.25) is 4.79 Å². The molecule has 0 aliphatic heterocycles. The maximum atomic E-state index is 11.9. The van der Waals surface area contributed by atoms with Crippen molar-refractivity contribution >= 4 is 23.2 Å². The third kappa shape index (κ3) is 2.72. The normalized spacial score (nSPS) is 17.3. The van der Waals surface area contributed by atoms with Gasteiger partial charge in [0.1, 0.15) is 0 Å². The van der Waals surface area contributed by atoms with Gasteiger partial charge in [0.25, 0.3) is 5.91 Å². The van der Waals surface area contributed by atoms with Crippen LogP contribution in [0.3, 0.4) is 0 Å². The predicted molar refractivity (Wildman–Crippen MR) is 70.2 cm³/mol. The number of hydrogen-bond acceptors (Lipinski definition) is 2. The number of hydrogen-bond donors (Lipinski definition) is 2. The Morgan fingerprint density at radius 3 is 2.76 bits per heavy atom. The molecule has 1 aliphatic carbocycles. The molecule has 0 atom stereocenters. The van der Waals surface area contributed by atoms with E-state index in [4.69, 9.17) is 17.3 Å². The number of nitrogen functional groups attached to an aromatic ring is 1. The molecular formula is C13H17ClN2O. The van der Waals surface area contributed by atoms with Gasteiger partial charge < -0.3 is 11.1 Å². The summed E-state index contributed by atoms with van der Waals surface area (Å²) in [5, 5.41) is 3.37. The van der Waals surface area contributed by atoms with Gasteiger partial charge >= 0.3 is 0 Å². The first-order valence-corrected chi connectivity index (χ1v) is 6.21. The summed E-state index contributed by atoms with van der Waals surface area (Å²) in [4.78, 5) is 11.9. The molecule has 0 spiro atoms. The smallest absolute Gasteiger partial charge is 0.251 e. The summed E-state index contributed by atoms with van der Waals surface area (Å²) in [6, 6.07) is 4.96. The number of carbonyl (C=O) groups excluding carboxylic acids is 1. The molecule has 1 aromatic carbocycles. The summed E-state index contributed by atoms with van der Waals surface area (Å²) < 4.78 is 0. The Morgan fingerprint density at radius 1 is 1.53 bits per heavy atom. The molecule has 92 valence electrons. The largest absolute Gasteiger partial charge is 0.398 e. The van der Waals surface area contributed by atoms with E-state index >= 15 is 0 Å². The van der Waals surface area contributed by atoms with Crippen LogP contribution in [0.15, 0.2) is 18.2 Å². The highest BCUT2D eigenvalue weighted by atomic mass is 35.5. The number of carbonyl (C=O) groups is 1. The Hall–Kier alpha value is -1.22. The quantitative estimate of drug-likeness (QED) is 0.813. The fraction of sp³-hybridized carbons (Fsp3) is 0.462. The predicted octanol–water partition coefficient (Wildman–Crippen LogP) is 2.84. The number of anilines is 1. The van der Waals surface area contributed by atoms with Gasteiger partial charge in [0.05, 0.1) is 10.7 Å². The molecule has 3 N–H and O–H groups in total. The van der Waals surface area contributed by atoms with Crippen molar-refractivity contribution in [2.45, 2.75) is 26.2 Å². The topological polar surface area (TPSA) is 55.1 Å². The Bertz CT molecular complexity index is 441. The molecule has 3 nitrogen and oxygen atoms in total. The van der Waals surface area contributed by atoms with E-state index in [0.717, 1.165) is 6.54 Å². The average Bonchev–Trinajstić information content (AvgIpc) is 2.27. The molecule has 17 heavy (non-hydrogen) atoms. The monoisotopic (exact) mass is 252 g/mol. The summed E-state index contributed by atoms with van der Waals surface area (Å²) in [6.45, 7) is 2.93. The van der Waals surface area contributed by atoms with Crippen LogP contribution in [-0.2, 0) is 0 Å². The van der Waals surface area contributed by atoms with Crippen molar-refractivity contribution in [3.8, 4) is 0 Å². The van der Waals surface area contributed by atoms with Gasteiger partial charge in [0.15, 0.2) is 0 Å². The highest BCUT2D eigenvalue weighted by molar-refractivity contribution is 6.33. The van der Waals surface area contributed by atoms with Gasteiger partial charge in [-0.15, -0.1) is 0 Å². The number of nitrogens with two attached hydrogens (primary N) is 1. The van der Waals surface area contributed by atoms with Gasteiger partial charge in [-0.1, -0.05) is 24.9 Å². The van der Waals surface area contributed by atoms with E-state index in [2.05, 4.69) is 12.2 Å². The van der Waals surface area contributed by atoms with Crippen LogP contribution < -0.4 is 11.1 Å². The first-order chi connectivity index (χ1) is 8.00. The van der Waals surface area contributed by atoms with Crippen LogP contribution in [0.2, 0.25) is 5.02 Å². The molecule has 1 aliphatic rings. The van der Waals surface area contributed by atoms with Crippen molar-refractivity contribution in [1.29, 1.82) is 0 Å². The number of amides is 1. The highest BCUT2D eigenvalue weighted by Gasteiger charge is 2.31. The molecule has 4 heteroatoms. The van der Waals surface area contributed by atoms with Crippen molar-refractivity contribution in [1.82, 2.24) is 5.32 Å². The SMILES string of the molecule is CC1(CNC(=O)c2ccc(N)c(Cl)c2)CCC1. The Morgan fingerprint density at radius 2 is 2.24 bits per heavy atom. The number of rotatable bonds is 3. The van der Waals surface area contributed by atoms with E-state index in [0.29, 0.717) is 16.3 Å². The second-order valence-electron chi connectivity index (χ2n) is 5.08. The lowest BCUT2D eigenvalue weighted by Gasteiger charge is -2.38. The van der Waals surface area contributed by atoms with Gasteiger partial charge in [-0.2, -0.15) is 0 Å². The van der Waals surface area contributed by atoms with Gasteiger partial charge in [0, 0.05) is 12.1 Å². The summed E-state index contributed by atoms with van der Waals surface area (Å²) >= 11 is 5.88. The minimum absolute atomic E-state index is 0.0833. The van der Waals surface area contributed by atoms with Crippen molar-refractivity contribution in [3.05, 3.63) is 28.8 Å². The van der Waals surface area contributed by atoms with Gasteiger partial charge in [0.2, 0.25) is 0 Å². The fourth-order valence-electron chi connectivity index (χ4n) is 2.02. The molecule has 2 rings (SSSR count). The van der Waals surface area contributed by atoms with E-state index in [-0.39, 0.29) is 11.3 Å². The first kappa shape index (κ1) is 12.2. The second kappa shape index (κ2) is 4.57. The fourth-order valence-corrected chi connectivity index (χ4v) is 2.20. The molecule has 0 unspecified atom stereocenters.